The molecule has 0 aliphatic carbocycles. The van der Waals surface area contributed by atoms with Crippen molar-refractivity contribution in [2.75, 3.05) is 16.8 Å². The monoisotopic (exact) mass is 238 g/mol. The zero-order valence-corrected chi connectivity index (χ0v) is 10.2. The van der Waals surface area contributed by atoms with Crippen LogP contribution in [-0.4, -0.2) is 13.5 Å². The van der Waals surface area contributed by atoms with Crippen LogP contribution in [-0.2, 0) is 11.3 Å². The second-order valence-corrected chi connectivity index (χ2v) is 4.41. The van der Waals surface area contributed by atoms with E-state index in [9.17, 15) is 4.79 Å². The van der Waals surface area contributed by atoms with Gasteiger partial charge in [0.15, 0.2) is 0 Å². The molecule has 0 spiro atoms. The van der Waals surface area contributed by atoms with E-state index in [4.69, 9.17) is 0 Å². The summed E-state index contributed by atoms with van der Waals surface area (Å²) < 4.78 is 0. The minimum Gasteiger partial charge on any atom is -0.343 e. The molecular weight excluding hydrogens is 224 g/mol. The molecular formula is C15H14N2O. The highest BCUT2D eigenvalue weighted by molar-refractivity contribution is 5.88. The van der Waals surface area contributed by atoms with Gasteiger partial charge in [-0.3, -0.25) is 4.79 Å². The summed E-state index contributed by atoms with van der Waals surface area (Å²) in [6, 6.07) is 16.1. The van der Waals surface area contributed by atoms with Crippen molar-refractivity contribution in [3.05, 3.63) is 54.1 Å². The fourth-order valence-electron chi connectivity index (χ4n) is 2.45. The predicted octanol–water partition coefficient (Wildman–Crippen LogP) is 2.93. The second kappa shape index (κ2) is 4.18. The number of para-hydroxylation sites is 3. The van der Waals surface area contributed by atoms with Crippen LogP contribution in [0.25, 0.3) is 0 Å². The summed E-state index contributed by atoms with van der Waals surface area (Å²) >= 11 is 0. The van der Waals surface area contributed by atoms with Crippen molar-refractivity contribution in [1.29, 1.82) is 0 Å². The molecule has 0 bridgehead atoms. The Balaban J connectivity index is 2.24. The molecule has 1 aliphatic heterocycles. The van der Waals surface area contributed by atoms with Crippen LogP contribution >= 0.6 is 0 Å². The Kier molecular flexibility index (Phi) is 2.52. The number of hydrogen-bond donors (Lipinski definition) is 0. The Hall–Kier alpha value is -2.29. The van der Waals surface area contributed by atoms with Gasteiger partial charge in [-0.25, -0.2) is 0 Å². The Morgan fingerprint density at radius 1 is 0.944 bits per heavy atom. The van der Waals surface area contributed by atoms with Gasteiger partial charge in [-0.1, -0.05) is 30.3 Å². The third-order valence-electron chi connectivity index (χ3n) is 3.37. The van der Waals surface area contributed by atoms with Crippen molar-refractivity contribution < 1.29 is 4.79 Å². The Labute approximate surface area is 106 Å². The molecule has 0 unspecified atom stereocenters. The standard InChI is InChI=1S/C15H14N2O/c1-16-13-7-3-2-6-12(13)10-17(11-18)15-9-5-4-8-14(15)16/h2-9,11H,10H2,1H3. The quantitative estimate of drug-likeness (QED) is 0.713. The number of fused-ring (bicyclic) bond motifs is 2. The maximum Gasteiger partial charge on any atom is 0.214 e. The van der Waals surface area contributed by atoms with E-state index in [1.165, 1.54) is 0 Å². The molecule has 3 nitrogen and oxygen atoms in total. The Morgan fingerprint density at radius 3 is 2.28 bits per heavy atom. The van der Waals surface area contributed by atoms with E-state index in [0.717, 1.165) is 29.0 Å². The van der Waals surface area contributed by atoms with Crippen LogP contribution in [0.5, 0.6) is 0 Å². The topological polar surface area (TPSA) is 23.6 Å². The highest BCUT2D eigenvalue weighted by atomic mass is 16.1. The van der Waals surface area contributed by atoms with Crippen LogP contribution < -0.4 is 9.80 Å². The van der Waals surface area contributed by atoms with Crippen LogP contribution in [0, 0.1) is 0 Å². The molecule has 1 heterocycles. The molecule has 0 atom stereocenters. The number of nitrogens with zero attached hydrogens (tertiary/aromatic N) is 2. The molecule has 0 fully saturated rings. The first-order chi connectivity index (χ1) is 8.81. The van der Waals surface area contributed by atoms with Gasteiger partial charge in [-0.05, 0) is 23.8 Å². The molecule has 0 aromatic heterocycles. The molecule has 0 saturated heterocycles. The van der Waals surface area contributed by atoms with E-state index < -0.39 is 0 Å². The summed E-state index contributed by atoms with van der Waals surface area (Å²) in [5.41, 5.74) is 4.30. The number of rotatable bonds is 1. The van der Waals surface area contributed by atoms with Crippen molar-refractivity contribution in [3.8, 4) is 0 Å². The lowest BCUT2D eigenvalue weighted by Crippen LogP contribution is -2.19. The van der Waals surface area contributed by atoms with E-state index in [1.54, 1.807) is 4.90 Å². The molecule has 90 valence electrons. The second-order valence-electron chi connectivity index (χ2n) is 4.41. The minimum absolute atomic E-state index is 0.612. The predicted molar refractivity (Wildman–Crippen MR) is 73.2 cm³/mol. The molecule has 18 heavy (non-hydrogen) atoms. The van der Waals surface area contributed by atoms with Crippen LogP contribution in [0.2, 0.25) is 0 Å². The maximum atomic E-state index is 11.3. The van der Waals surface area contributed by atoms with Crippen LogP contribution in [0.15, 0.2) is 48.5 Å². The summed E-state index contributed by atoms with van der Waals surface area (Å²) in [5.74, 6) is 0. The van der Waals surface area contributed by atoms with Gasteiger partial charge < -0.3 is 9.80 Å². The summed E-state index contributed by atoms with van der Waals surface area (Å²) in [6.07, 6.45) is 0.898. The van der Waals surface area contributed by atoms with Gasteiger partial charge >= 0.3 is 0 Å². The lowest BCUT2D eigenvalue weighted by atomic mass is 10.1. The summed E-state index contributed by atoms with van der Waals surface area (Å²) in [5, 5.41) is 0. The molecule has 0 N–H and O–H groups in total. The van der Waals surface area contributed by atoms with Crippen molar-refractivity contribution >= 4 is 23.5 Å². The van der Waals surface area contributed by atoms with Gasteiger partial charge in [0.05, 0.1) is 17.9 Å². The number of carbonyl (C=O) groups is 1. The SMILES string of the molecule is CN1c2ccccc2CN(C=O)c2ccccc21. The van der Waals surface area contributed by atoms with Crippen LogP contribution in [0.1, 0.15) is 5.56 Å². The number of carbonyl (C=O) groups excluding carboxylic acids is 1. The van der Waals surface area contributed by atoms with Gasteiger partial charge in [0, 0.05) is 12.7 Å². The van der Waals surface area contributed by atoms with E-state index in [-0.39, 0.29) is 0 Å². The van der Waals surface area contributed by atoms with E-state index in [2.05, 4.69) is 17.0 Å². The first-order valence-corrected chi connectivity index (χ1v) is 5.94. The Bertz CT molecular complexity index is 595. The molecule has 0 saturated carbocycles. The lowest BCUT2D eigenvalue weighted by Gasteiger charge is -2.21. The van der Waals surface area contributed by atoms with Crippen LogP contribution in [0.4, 0.5) is 17.1 Å². The van der Waals surface area contributed by atoms with Gasteiger partial charge in [0.2, 0.25) is 6.41 Å². The maximum absolute atomic E-state index is 11.3. The molecule has 0 radical (unpaired) electrons. The Morgan fingerprint density at radius 2 is 1.56 bits per heavy atom. The van der Waals surface area contributed by atoms with Gasteiger partial charge in [-0.15, -0.1) is 0 Å². The van der Waals surface area contributed by atoms with Gasteiger partial charge in [-0.2, -0.15) is 0 Å². The van der Waals surface area contributed by atoms with Crippen molar-refractivity contribution in [3.63, 3.8) is 0 Å². The third kappa shape index (κ3) is 1.56. The summed E-state index contributed by atoms with van der Waals surface area (Å²) in [4.78, 5) is 15.2. The molecule has 3 rings (SSSR count). The average Bonchev–Trinajstić information content (AvgIpc) is 2.55. The minimum atomic E-state index is 0.612. The van der Waals surface area contributed by atoms with Crippen molar-refractivity contribution in [1.82, 2.24) is 0 Å². The van der Waals surface area contributed by atoms with Gasteiger partial charge in [0.25, 0.3) is 0 Å². The third-order valence-corrected chi connectivity index (χ3v) is 3.37. The zero-order valence-electron chi connectivity index (χ0n) is 10.2. The molecule has 1 amide bonds. The average molecular weight is 238 g/mol. The first kappa shape index (κ1) is 10.8. The van der Waals surface area contributed by atoms with Crippen molar-refractivity contribution in [2.45, 2.75) is 6.54 Å². The number of hydrogen-bond acceptors (Lipinski definition) is 2. The molecule has 2 aromatic carbocycles. The molecule has 3 heteroatoms. The molecule has 2 aromatic rings. The normalized spacial score (nSPS) is 13.6. The smallest absolute Gasteiger partial charge is 0.214 e. The number of benzene rings is 2. The highest BCUT2D eigenvalue weighted by Gasteiger charge is 2.21. The summed E-state index contributed by atoms with van der Waals surface area (Å²) in [7, 11) is 2.03. The van der Waals surface area contributed by atoms with Crippen molar-refractivity contribution in [2.24, 2.45) is 0 Å². The van der Waals surface area contributed by atoms with E-state index >= 15 is 0 Å². The summed E-state index contributed by atoms with van der Waals surface area (Å²) in [6.45, 7) is 0.612. The van der Waals surface area contributed by atoms with Crippen LogP contribution in [0.3, 0.4) is 0 Å². The van der Waals surface area contributed by atoms with Gasteiger partial charge in [0.1, 0.15) is 0 Å². The van der Waals surface area contributed by atoms with E-state index in [0.29, 0.717) is 6.54 Å². The number of amides is 1. The highest BCUT2D eigenvalue weighted by Crippen LogP contribution is 2.38. The first-order valence-electron chi connectivity index (χ1n) is 5.94. The largest absolute Gasteiger partial charge is 0.343 e. The lowest BCUT2D eigenvalue weighted by molar-refractivity contribution is -0.107. The molecule has 1 aliphatic rings. The fourth-order valence-corrected chi connectivity index (χ4v) is 2.45. The van der Waals surface area contributed by atoms with E-state index in [1.807, 2.05) is 43.4 Å². The zero-order chi connectivity index (χ0) is 12.5. The fraction of sp³-hybridized carbons (Fsp3) is 0.133. The number of anilines is 3.